The van der Waals surface area contributed by atoms with E-state index in [9.17, 15) is 0 Å². The van der Waals surface area contributed by atoms with Gasteiger partial charge in [0, 0.05) is 30.7 Å². The second kappa shape index (κ2) is 5.26. The van der Waals surface area contributed by atoms with Crippen LogP contribution in [0.1, 0.15) is 51.1 Å². The Labute approximate surface area is 117 Å². The topological polar surface area (TPSA) is 15.3 Å². The highest BCUT2D eigenvalue weighted by molar-refractivity contribution is 5.19. The molecule has 0 aromatic heterocycles. The molecule has 2 heteroatoms. The first-order valence-electron chi connectivity index (χ1n) is 7.76. The van der Waals surface area contributed by atoms with Crippen LogP contribution in [0.3, 0.4) is 0 Å². The molecule has 1 aliphatic heterocycles. The molecule has 1 N–H and O–H groups in total. The molecule has 2 nitrogen and oxygen atoms in total. The first kappa shape index (κ1) is 13.1. The fraction of sp³-hybridized carbons (Fsp3) is 0.647. The Morgan fingerprint density at radius 2 is 1.89 bits per heavy atom. The summed E-state index contributed by atoms with van der Waals surface area (Å²) in [6, 6.07) is 12.1. The lowest BCUT2D eigenvalue weighted by atomic mass is 9.90. The minimum absolute atomic E-state index is 0.412. The lowest BCUT2D eigenvalue weighted by molar-refractivity contribution is 0.0563. The molecular formula is C17H26N2. The molecule has 0 bridgehead atoms. The molecule has 2 unspecified atom stereocenters. The minimum atomic E-state index is 0.412. The fourth-order valence-electron chi connectivity index (χ4n) is 3.87. The largest absolute Gasteiger partial charge is 0.308 e. The molecular weight excluding hydrogens is 232 g/mol. The van der Waals surface area contributed by atoms with Crippen molar-refractivity contribution in [2.75, 3.05) is 13.1 Å². The van der Waals surface area contributed by atoms with Crippen LogP contribution < -0.4 is 5.32 Å². The minimum Gasteiger partial charge on any atom is -0.308 e. The monoisotopic (exact) mass is 258 g/mol. The van der Waals surface area contributed by atoms with E-state index < -0.39 is 0 Å². The molecule has 1 saturated heterocycles. The van der Waals surface area contributed by atoms with Crippen molar-refractivity contribution >= 4 is 0 Å². The molecule has 1 heterocycles. The van der Waals surface area contributed by atoms with Crippen molar-refractivity contribution in [2.24, 2.45) is 0 Å². The van der Waals surface area contributed by atoms with Crippen LogP contribution in [-0.4, -0.2) is 29.6 Å². The first-order valence-corrected chi connectivity index (χ1v) is 7.76. The van der Waals surface area contributed by atoms with Crippen LogP contribution in [0, 0.1) is 0 Å². The summed E-state index contributed by atoms with van der Waals surface area (Å²) in [4.78, 5) is 2.71. The van der Waals surface area contributed by atoms with Gasteiger partial charge in [0.15, 0.2) is 0 Å². The zero-order valence-corrected chi connectivity index (χ0v) is 12.2. The number of nitrogens with zero attached hydrogens (tertiary/aromatic N) is 1. The summed E-state index contributed by atoms with van der Waals surface area (Å²) in [5.74, 6) is 0. The highest BCUT2D eigenvalue weighted by atomic mass is 15.3. The average molecular weight is 258 g/mol. The van der Waals surface area contributed by atoms with Gasteiger partial charge in [0.1, 0.15) is 0 Å². The molecule has 0 amide bonds. The maximum Gasteiger partial charge on any atom is 0.0324 e. The van der Waals surface area contributed by atoms with Gasteiger partial charge in [-0.2, -0.15) is 0 Å². The van der Waals surface area contributed by atoms with Gasteiger partial charge in [-0.25, -0.2) is 0 Å². The van der Waals surface area contributed by atoms with Gasteiger partial charge in [0.25, 0.3) is 0 Å². The van der Waals surface area contributed by atoms with E-state index in [4.69, 9.17) is 0 Å². The van der Waals surface area contributed by atoms with Crippen LogP contribution in [-0.2, 0) is 0 Å². The third kappa shape index (κ3) is 2.56. The summed E-state index contributed by atoms with van der Waals surface area (Å²) in [5.41, 5.74) is 1.86. The van der Waals surface area contributed by atoms with Crippen LogP contribution in [0.25, 0.3) is 0 Å². The van der Waals surface area contributed by atoms with Crippen molar-refractivity contribution in [3.8, 4) is 0 Å². The number of piperazine rings is 1. The van der Waals surface area contributed by atoms with Crippen LogP contribution in [0.2, 0.25) is 0 Å². The van der Waals surface area contributed by atoms with Gasteiger partial charge in [-0.1, -0.05) is 43.2 Å². The second-order valence-electron chi connectivity index (χ2n) is 6.48. The van der Waals surface area contributed by atoms with Crippen LogP contribution in [0.15, 0.2) is 30.3 Å². The smallest absolute Gasteiger partial charge is 0.0324 e. The molecule has 104 valence electrons. The summed E-state index contributed by atoms with van der Waals surface area (Å²) in [6.45, 7) is 7.06. The van der Waals surface area contributed by atoms with Gasteiger partial charge in [-0.05, 0) is 32.3 Å². The molecule has 2 atom stereocenters. The summed E-state index contributed by atoms with van der Waals surface area (Å²) >= 11 is 0. The SMILES string of the molecule is CC1CNC2(CCCC2)CN1C(C)c1ccccc1. The zero-order valence-electron chi connectivity index (χ0n) is 12.2. The highest BCUT2D eigenvalue weighted by Gasteiger charge is 2.41. The van der Waals surface area contributed by atoms with Crippen LogP contribution in [0.5, 0.6) is 0 Å². The Balaban J connectivity index is 1.78. The molecule has 3 rings (SSSR count). The third-order valence-corrected chi connectivity index (χ3v) is 5.16. The number of rotatable bonds is 2. The number of nitrogens with one attached hydrogen (secondary N) is 1. The molecule has 1 aliphatic carbocycles. The van der Waals surface area contributed by atoms with Crippen molar-refractivity contribution in [3.63, 3.8) is 0 Å². The molecule has 1 aromatic carbocycles. The van der Waals surface area contributed by atoms with Gasteiger partial charge >= 0.3 is 0 Å². The average Bonchev–Trinajstić information content (AvgIpc) is 2.90. The van der Waals surface area contributed by atoms with Gasteiger partial charge < -0.3 is 5.32 Å². The van der Waals surface area contributed by atoms with E-state index in [0.29, 0.717) is 17.6 Å². The van der Waals surface area contributed by atoms with Gasteiger partial charge in [-0.15, -0.1) is 0 Å². The number of hydrogen-bond acceptors (Lipinski definition) is 2. The third-order valence-electron chi connectivity index (χ3n) is 5.16. The molecule has 19 heavy (non-hydrogen) atoms. The molecule has 2 fully saturated rings. The molecule has 0 radical (unpaired) electrons. The standard InChI is InChI=1S/C17H26N2/c1-14-12-18-17(10-6-7-11-17)13-19(14)15(2)16-8-4-3-5-9-16/h3-5,8-9,14-15,18H,6-7,10-13H2,1-2H3. The van der Waals surface area contributed by atoms with Gasteiger partial charge in [0.2, 0.25) is 0 Å². The molecule has 2 aliphatic rings. The predicted molar refractivity (Wildman–Crippen MR) is 80.2 cm³/mol. The van der Waals surface area contributed by atoms with Crippen LogP contribution in [0.4, 0.5) is 0 Å². The normalized spacial score (nSPS) is 28.6. The second-order valence-corrected chi connectivity index (χ2v) is 6.48. The maximum atomic E-state index is 3.84. The van der Waals surface area contributed by atoms with Gasteiger partial charge in [0.05, 0.1) is 0 Å². The van der Waals surface area contributed by atoms with Crippen LogP contribution >= 0.6 is 0 Å². The van der Waals surface area contributed by atoms with E-state index >= 15 is 0 Å². The Morgan fingerprint density at radius 3 is 2.58 bits per heavy atom. The fourth-order valence-corrected chi connectivity index (χ4v) is 3.87. The predicted octanol–water partition coefficient (Wildman–Crippen LogP) is 3.35. The van der Waals surface area contributed by atoms with Crippen molar-refractivity contribution < 1.29 is 0 Å². The molecule has 1 saturated carbocycles. The van der Waals surface area contributed by atoms with Crippen molar-refractivity contribution in [3.05, 3.63) is 35.9 Å². The van der Waals surface area contributed by atoms with E-state index in [1.54, 1.807) is 0 Å². The van der Waals surface area contributed by atoms with E-state index in [1.165, 1.54) is 37.8 Å². The lowest BCUT2D eigenvalue weighted by Gasteiger charge is -2.48. The highest BCUT2D eigenvalue weighted by Crippen LogP contribution is 2.36. The van der Waals surface area contributed by atoms with Crippen molar-refractivity contribution in [1.82, 2.24) is 10.2 Å². The van der Waals surface area contributed by atoms with Crippen molar-refractivity contribution in [2.45, 2.75) is 57.2 Å². The Morgan fingerprint density at radius 1 is 1.21 bits per heavy atom. The van der Waals surface area contributed by atoms with E-state index in [2.05, 4.69) is 54.4 Å². The summed E-state index contributed by atoms with van der Waals surface area (Å²) in [5, 5.41) is 3.84. The Kier molecular flexibility index (Phi) is 3.64. The van der Waals surface area contributed by atoms with Crippen molar-refractivity contribution in [1.29, 1.82) is 0 Å². The van der Waals surface area contributed by atoms with E-state index in [-0.39, 0.29) is 0 Å². The first-order chi connectivity index (χ1) is 9.20. The molecule has 1 spiro atoms. The van der Waals surface area contributed by atoms with E-state index in [1.807, 2.05) is 0 Å². The summed E-state index contributed by atoms with van der Waals surface area (Å²) < 4.78 is 0. The summed E-state index contributed by atoms with van der Waals surface area (Å²) in [6.07, 6.45) is 5.51. The Bertz CT molecular complexity index is 409. The summed E-state index contributed by atoms with van der Waals surface area (Å²) in [7, 11) is 0. The Hall–Kier alpha value is -0.860. The quantitative estimate of drug-likeness (QED) is 0.875. The number of hydrogen-bond donors (Lipinski definition) is 1. The molecule has 1 aromatic rings. The van der Waals surface area contributed by atoms with Gasteiger partial charge in [-0.3, -0.25) is 4.90 Å². The zero-order chi connectivity index (χ0) is 13.3. The maximum absolute atomic E-state index is 3.84. The number of benzene rings is 1. The van der Waals surface area contributed by atoms with E-state index in [0.717, 1.165) is 6.54 Å². The lowest BCUT2D eigenvalue weighted by Crippen LogP contribution is -2.62.